The summed E-state index contributed by atoms with van der Waals surface area (Å²) in [4.78, 5) is 16.3. The van der Waals surface area contributed by atoms with E-state index in [9.17, 15) is 4.79 Å². The Morgan fingerprint density at radius 1 is 1.53 bits per heavy atom. The van der Waals surface area contributed by atoms with Gasteiger partial charge in [0.05, 0.1) is 5.92 Å². The first-order chi connectivity index (χ1) is 8.24. The van der Waals surface area contributed by atoms with Gasteiger partial charge in [0.15, 0.2) is 6.10 Å². The molecule has 0 unspecified atom stereocenters. The minimum Gasteiger partial charge on any atom is -0.455 e. The minimum absolute atomic E-state index is 0.0000926. The van der Waals surface area contributed by atoms with E-state index < -0.39 is 0 Å². The van der Waals surface area contributed by atoms with Crippen molar-refractivity contribution in [3.05, 3.63) is 16.6 Å². The fraction of sp³-hybridized carbons (Fsp3) is 0.692. The van der Waals surface area contributed by atoms with Crippen LogP contribution in [0.3, 0.4) is 0 Å². The molecule has 0 radical (unpaired) electrons. The normalized spacial score (nSPS) is 32.6. The van der Waals surface area contributed by atoms with Crippen LogP contribution >= 0.6 is 11.3 Å². The monoisotopic (exact) mass is 251 g/mol. The molecule has 0 saturated heterocycles. The fourth-order valence-electron chi connectivity index (χ4n) is 3.28. The lowest BCUT2D eigenvalue weighted by Crippen LogP contribution is -2.24. The van der Waals surface area contributed by atoms with Gasteiger partial charge in [0.2, 0.25) is 0 Å². The lowest BCUT2D eigenvalue weighted by Gasteiger charge is -2.21. The van der Waals surface area contributed by atoms with Gasteiger partial charge in [0.25, 0.3) is 0 Å². The van der Waals surface area contributed by atoms with Crippen molar-refractivity contribution in [2.45, 2.75) is 38.7 Å². The lowest BCUT2D eigenvalue weighted by molar-refractivity contribution is -0.155. The highest BCUT2D eigenvalue weighted by Crippen LogP contribution is 2.49. The van der Waals surface area contributed by atoms with Crippen molar-refractivity contribution in [2.24, 2.45) is 17.8 Å². The Labute approximate surface area is 105 Å². The van der Waals surface area contributed by atoms with Crippen molar-refractivity contribution >= 4 is 17.3 Å². The van der Waals surface area contributed by atoms with E-state index in [2.05, 4.69) is 4.98 Å². The Bertz CT molecular complexity index is 404. The van der Waals surface area contributed by atoms with Crippen molar-refractivity contribution in [1.29, 1.82) is 0 Å². The molecule has 2 aliphatic rings. The first-order valence-electron chi connectivity index (χ1n) is 6.34. The van der Waals surface area contributed by atoms with Crippen LogP contribution in [-0.4, -0.2) is 11.0 Å². The molecule has 4 heteroatoms. The number of ether oxygens (including phenoxy) is 1. The minimum atomic E-state index is -0.193. The largest absolute Gasteiger partial charge is 0.455 e. The molecule has 2 aliphatic carbocycles. The first-order valence-corrected chi connectivity index (χ1v) is 7.22. The van der Waals surface area contributed by atoms with Crippen molar-refractivity contribution in [1.82, 2.24) is 4.98 Å². The summed E-state index contributed by atoms with van der Waals surface area (Å²) in [6, 6.07) is 0. The molecule has 0 N–H and O–H groups in total. The quantitative estimate of drug-likeness (QED) is 0.774. The number of nitrogens with zero attached hydrogens (tertiary/aromatic N) is 1. The van der Waals surface area contributed by atoms with Crippen molar-refractivity contribution in [2.75, 3.05) is 0 Å². The molecule has 92 valence electrons. The van der Waals surface area contributed by atoms with Crippen LogP contribution in [0.4, 0.5) is 0 Å². The molecule has 1 aromatic heterocycles. The molecule has 4 atom stereocenters. The van der Waals surface area contributed by atoms with Crippen molar-refractivity contribution in [3.8, 4) is 0 Å². The Morgan fingerprint density at radius 2 is 2.41 bits per heavy atom. The van der Waals surface area contributed by atoms with Gasteiger partial charge < -0.3 is 4.74 Å². The maximum Gasteiger partial charge on any atom is 0.309 e. The molecular weight excluding hydrogens is 234 g/mol. The van der Waals surface area contributed by atoms with Crippen LogP contribution in [0.1, 0.15) is 43.7 Å². The van der Waals surface area contributed by atoms with Gasteiger partial charge >= 0.3 is 5.97 Å². The van der Waals surface area contributed by atoms with Crippen molar-refractivity contribution in [3.63, 3.8) is 0 Å². The predicted octanol–water partition coefficient (Wildman–Crippen LogP) is 3.18. The maximum atomic E-state index is 12.1. The van der Waals surface area contributed by atoms with E-state index >= 15 is 0 Å². The number of thiazole rings is 1. The molecule has 3 nitrogen and oxygen atoms in total. The standard InChI is InChI=1S/C13H17NO2S/c1-8(12-14-4-5-17-12)16-13(15)11-7-9-2-3-10(11)6-9/h4-5,8-11H,2-3,6-7H2,1H3/t8-,9-,10-,11+/m1/s1. The van der Waals surface area contributed by atoms with Gasteiger partial charge in [-0.15, -0.1) is 11.3 Å². The van der Waals surface area contributed by atoms with E-state index in [-0.39, 0.29) is 18.0 Å². The van der Waals surface area contributed by atoms with E-state index in [1.54, 1.807) is 17.5 Å². The SMILES string of the molecule is C[C@@H](OC(=O)[C@H]1C[C@@H]2CC[C@@H]1C2)c1nccs1. The summed E-state index contributed by atoms with van der Waals surface area (Å²) < 4.78 is 5.54. The molecule has 3 rings (SSSR count). The van der Waals surface area contributed by atoms with Gasteiger partial charge in [-0.3, -0.25) is 4.79 Å². The number of fused-ring (bicyclic) bond motifs is 2. The molecule has 2 fully saturated rings. The lowest BCUT2D eigenvalue weighted by atomic mass is 9.89. The second-order valence-corrected chi connectivity index (χ2v) is 6.16. The van der Waals surface area contributed by atoms with Crippen molar-refractivity contribution < 1.29 is 9.53 Å². The van der Waals surface area contributed by atoms with Gasteiger partial charge in [-0.2, -0.15) is 0 Å². The summed E-state index contributed by atoms with van der Waals surface area (Å²) in [6.45, 7) is 1.91. The van der Waals surface area contributed by atoms with Crippen LogP contribution < -0.4 is 0 Å². The van der Waals surface area contributed by atoms with E-state index in [1.165, 1.54) is 19.3 Å². The zero-order chi connectivity index (χ0) is 11.8. The zero-order valence-electron chi connectivity index (χ0n) is 9.96. The van der Waals surface area contributed by atoms with Gasteiger partial charge in [0.1, 0.15) is 5.01 Å². The Hall–Kier alpha value is -0.900. The summed E-state index contributed by atoms with van der Waals surface area (Å²) in [5, 5.41) is 2.80. The average molecular weight is 251 g/mol. The maximum absolute atomic E-state index is 12.1. The number of rotatable bonds is 3. The summed E-state index contributed by atoms with van der Waals surface area (Å²) in [5.41, 5.74) is 0. The summed E-state index contributed by atoms with van der Waals surface area (Å²) >= 11 is 1.54. The van der Waals surface area contributed by atoms with E-state index in [1.807, 2.05) is 12.3 Å². The summed E-state index contributed by atoms with van der Waals surface area (Å²) in [6.07, 6.45) is 6.38. The summed E-state index contributed by atoms with van der Waals surface area (Å²) in [5.74, 6) is 1.54. The van der Waals surface area contributed by atoms with Crippen LogP contribution in [0.25, 0.3) is 0 Å². The number of hydrogen-bond acceptors (Lipinski definition) is 4. The Morgan fingerprint density at radius 3 is 3.00 bits per heavy atom. The molecule has 0 aliphatic heterocycles. The van der Waals surface area contributed by atoms with Gasteiger partial charge in [-0.1, -0.05) is 6.42 Å². The van der Waals surface area contributed by atoms with Gasteiger partial charge in [-0.05, 0) is 38.0 Å². The number of hydrogen-bond donors (Lipinski definition) is 0. The molecule has 0 amide bonds. The number of carbonyl (C=O) groups excluding carboxylic acids is 1. The number of aromatic nitrogens is 1. The average Bonchev–Trinajstić information content (AvgIpc) is 3.05. The third-order valence-electron chi connectivity index (χ3n) is 4.13. The van der Waals surface area contributed by atoms with E-state index in [0.717, 1.165) is 17.3 Å². The highest BCUT2D eigenvalue weighted by Gasteiger charge is 2.44. The van der Waals surface area contributed by atoms with Gasteiger partial charge in [0, 0.05) is 11.6 Å². The van der Waals surface area contributed by atoms with Crippen LogP contribution in [0, 0.1) is 17.8 Å². The number of esters is 1. The fourth-order valence-corrected chi connectivity index (χ4v) is 3.90. The molecule has 0 aromatic carbocycles. The molecule has 2 saturated carbocycles. The molecular formula is C13H17NO2S. The molecule has 1 aromatic rings. The van der Waals surface area contributed by atoms with Crippen LogP contribution in [0.15, 0.2) is 11.6 Å². The second-order valence-electron chi connectivity index (χ2n) is 5.23. The molecule has 17 heavy (non-hydrogen) atoms. The third-order valence-corrected chi connectivity index (χ3v) is 5.07. The topological polar surface area (TPSA) is 39.2 Å². The van der Waals surface area contributed by atoms with E-state index in [4.69, 9.17) is 4.74 Å². The first kappa shape index (κ1) is 11.2. The second kappa shape index (κ2) is 4.41. The van der Waals surface area contributed by atoms with E-state index in [0.29, 0.717) is 5.92 Å². The van der Waals surface area contributed by atoms with Crippen LogP contribution in [-0.2, 0) is 9.53 Å². The van der Waals surface area contributed by atoms with Crippen LogP contribution in [0.5, 0.6) is 0 Å². The highest BCUT2D eigenvalue weighted by atomic mass is 32.1. The highest BCUT2D eigenvalue weighted by molar-refractivity contribution is 7.09. The zero-order valence-corrected chi connectivity index (χ0v) is 10.8. The molecule has 0 spiro atoms. The van der Waals surface area contributed by atoms with Gasteiger partial charge in [-0.25, -0.2) is 4.98 Å². The Balaban J connectivity index is 1.60. The summed E-state index contributed by atoms with van der Waals surface area (Å²) in [7, 11) is 0. The number of carbonyl (C=O) groups is 1. The smallest absolute Gasteiger partial charge is 0.309 e. The van der Waals surface area contributed by atoms with Crippen LogP contribution in [0.2, 0.25) is 0 Å². The molecule has 1 heterocycles. The molecule has 2 bridgehead atoms. The third kappa shape index (κ3) is 2.10. The predicted molar refractivity (Wildman–Crippen MR) is 65.6 cm³/mol. The Kier molecular flexibility index (Phi) is 2.90.